The van der Waals surface area contributed by atoms with E-state index in [1.54, 1.807) is 0 Å². The molecule has 6 amide bonds. The molecule has 4 N–H and O–H groups in total. The summed E-state index contributed by atoms with van der Waals surface area (Å²) in [4.78, 5) is 73.8. The fourth-order valence-electron chi connectivity index (χ4n) is 5.71. The molecule has 4 bridgehead atoms. The number of amides is 6. The molecule has 42 heavy (non-hydrogen) atoms. The van der Waals surface area contributed by atoms with Crippen LogP contribution in [-0.4, -0.2) is 124 Å². The van der Waals surface area contributed by atoms with E-state index in [1.165, 1.54) is 9.80 Å². The van der Waals surface area contributed by atoms with Crippen LogP contribution in [0.2, 0.25) is 0 Å². The third-order valence-electron chi connectivity index (χ3n) is 8.39. The molecule has 0 unspecified atom stereocenters. The van der Waals surface area contributed by atoms with Crippen LogP contribution >= 0.6 is 0 Å². The van der Waals surface area contributed by atoms with Gasteiger partial charge in [0.2, 0.25) is 11.8 Å². The zero-order valence-corrected chi connectivity index (χ0v) is 23.5. The normalized spacial score (nSPS) is 28.3. The van der Waals surface area contributed by atoms with Crippen molar-refractivity contribution in [2.24, 2.45) is 11.8 Å². The highest BCUT2D eigenvalue weighted by Gasteiger charge is 2.50. The van der Waals surface area contributed by atoms with Gasteiger partial charge in [-0.3, -0.25) is 28.9 Å². The van der Waals surface area contributed by atoms with Crippen LogP contribution < -0.4 is 10.6 Å². The minimum Gasteiger partial charge on any atom is -0.347 e. The molecule has 18 heteroatoms. The minimum atomic E-state index is -4.81. The second-order valence-corrected chi connectivity index (χ2v) is 12.5. The summed E-state index contributed by atoms with van der Waals surface area (Å²) in [6, 6.07) is -3.39. The van der Waals surface area contributed by atoms with E-state index in [9.17, 15) is 42.4 Å². The van der Waals surface area contributed by atoms with Crippen molar-refractivity contribution in [2.45, 2.75) is 75.5 Å². The number of nitrogens with zero attached hydrogens (tertiary/aromatic N) is 4. The van der Waals surface area contributed by atoms with Gasteiger partial charge in [-0.25, -0.2) is 14.7 Å². The quantitative estimate of drug-likeness (QED) is 0.169. The molecule has 2 saturated carbocycles. The van der Waals surface area contributed by atoms with Crippen molar-refractivity contribution < 1.29 is 51.2 Å². The Morgan fingerprint density at radius 1 is 0.738 bits per heavy atom. The Kier molecular flexibility index (Phi) is 8.41. The molecule has 4 aliphatic heterocycles. The van der Waals surface area contributed by atoms with E-state index in [2.05, 4.69) is 14.9 Å². The largest absolute Gasteiger partial charge is 0.418 e. The molecule has 17 nitrogen and oxygen atoms in total. The molecule has 4 saturated heterocycles. The first kappa shape index (κ1) is 30.1. The van der Waals surface area contributed by atoms with Crippen LogP contribution in [0.25, 0.3) is 0 Å². The first-order chi connectivity index (χ1) is 19.8. The van der Waals surface area contributed by atoms with Crippen LogP contribution in [0.1, 0.15) is 51.4 Å². The molecule has 6 rings (SSSR count). The molecular weight excluding hydrogens is 580 g/mol. The predicted molar refractivity (Wildman–Crippen MR) is 137 cm³/mol. The molecule has 2 aliphatic carbocycles. The van der Waals surface area contributed by atoms with Crippen molar-refractivity contribution in [1.82, 2.24) is 30.6 Å². The third kappa shape index (κ3) is 6.66. The minimum absolute atomic E-state index is 0.0175. The number of fused-ring (bicyclic) bond motifs is 4. The Bertz CT molecular complexity index is 1270. The molecule has 0 aromatic carbocycles. The van der Waals surface area contributed by atoms with Crippen molar-refractivity contribution >= 4 is 45.8 Å². The Labute approximate surface area is 241 Å². The van der Waals surface area contributed by atoms with Crippen LogP contribution in [0.4, 0.5) is 9.59 Å². The van der Waals surface area contributed by atoms with Crippen LogP contribution in [0.15, 0.2) is 0 Å². The van der Waals surface area contributed by atoms with Gasteiger partial charge in [0.1, 0.15) is 12.1 Å². The van der Waals surface area contributed by atoms with E-state index < -0.39 is 46.5 Å². The molecule has 4 heterocycles. The number of Topliss-reactive ketones (excluding diaryl/α,β-unsaturated/α-hetero) is 2. The van der Waals surface area contributed by atoms with Gasteiger partial charge in [0.15, 0.2) is 11.6 Å². The standard InChI is InChI=1S/C12H17N3O7S.C12H17N3O4/c16-10(7-1-2-7)5-13-11(17)9-4-3-8-6-14(9)12(18)15(8)22-23(19,20)21;16-10(7-1-2-7)5-13-11(17)9-4-3-8-6-14(9)12(18)15(8)19/h7-9H,1-6H2,(H,13,17)(H,19,20,21);7-9,19H,1-6H2,(H,13,17)/t2*8-,9+/m11/s1. The maximum Gasteiger partial charge on any atom is 0.418 e. The molecule has 232 valence electrons. The Morgan fingerprint density at radius 3 is 1.67 bits per heavy atom. The average molecular weight is 615 g/mol. The number of hydrogen-bond donors (Lipinski definition) is 4. The van der Waals surface area contributed by atoms with Crippen LogP contribution in [0, 0.1) is 11.8 Å². The van der Waals surface area contributed by atoms with Gasteiger partial charge < -0.3 is 20.4 Å². The monoisotopic (exact) mass is 614 g/mol. The summed E-state index contributed by atoms with van der Waals surface area (Å²) in [5.41, 5.74) is 0. The van der Waals surface area contributed by atoms with Crippen LogP contribution in [0.3, 0.4) is 0 Å². The number of carbonyl (C=O) groups is 6. The Balaban J connectivity index is 0.000000171. The second kappa shape index (κ2) is 11.7. The molecule has 0 spiro atoms. The number of rotatable bonds is 10. The van der Waals surface area contributed by atoms with Crippen LogP contribution in [-0.2, 0) is 33.9 Å². The summed E-state index contributed by atoms with van der Waals surface area (Å²) in [6.45, 7) is 0.498. The summed E-state index contributed by atoms with van der Waals surface area (Å²) in [6.07, 6.45) is 5.36. The average Bonchev–Trinajstić information content (AvgIpc) is 3.88. The first-order valence-corrected chi connectivity index (χ1v) is 15.4. The van der Waals surface area contributed by atoms with Crippen molar-refractivity contribution in [1.29, 1.82) is 0 Å². The van der Waals surface area contributed by atoms with Crippen molar-refractivity contribution in [3.05, 3.63) is 0 Å². The molecule has 0 aromatic heterocycles. The Hall–Kier alpha value is -3.35. The predicted octanol–water partition coefficient (Wildman–Crippen LogP) is -1.18. The highest BCUT2D eigenvalue weighted by molar-refractivity contribution is 7.80. The maximum atomic E-state index is 12.2. The van der Waals surface area contributed by atoms with Gasteiger partial charge in [0.25, 0.3) is 0 Å². The maximum absolute atomic E-state index is 12.2. The summed E-state index contributed by atoms with van der Waals surface area (Å²) in [5, 5.41) is 16.0. The SMILES string of the molecule is O=C(CNC(=O)[C@@H]1CC[C@@H]2CN1C(=O)N2O)C1CC1.O=C(CNC(=O)[C@@H]1CC[C@@H]2CN1C(=O)N2OS(=O)(=O)O)C1CC1. The molecule has 0 aromatic rings. The van der Waals surface area contributed by atoms with Gasteiger partial charge in [-0.2, -0.15) is 13.5 Å². The topological polar surface area (TPSA) is 223 Å². The molecule has 6 fully saturated rings. The number of carbonyl (C=O) groups excluding carboxylic acids is 6. The lowest BCUT2D eigenvalue weighted by Gasteiger charge is -2.29. The van der Waals surface area contributed by atoms with Crippen molar-refractivity contribution in [3.63, 3.8) is 0 Å². The summed E-state index contributed by atoms with van der Waals surface area (Å²) in [5.74, 6) is -0.527. The van der Waals surface area contributed by atoms with Crippen molar-refractivity contribution in [3.8, 4) is 0 Å². The number of hydrogen-bond acceptors (Lipinski definition) is 10. The second-order valence-electron chi connectivity index (χ2n) is 11.5. The smallest absolute Gasteiger partial charge is 0.347 e. The number of ketones is 2. The highest BCUT2D eigenvalue weighted by Crippen LogP contribution is 2.32. The summed E-state index contributed by atoms with van der Waals surface area (Å²) in [7, 11) is -4.81. The van der Waals surface area contributed by atoms with Gasteiger partial charge in [0.05, 0.1) is 25.2 Å². The fraction of sp³-hybridized carbons (Fsp3) is 0.750. The summed E-state index contributed by atoms with van der Waals surface area (Å²) >= 11 is 0. The highest BCUT2D eigenvalue weighted by atomic mass is 32.3. The van der Waals surface area contributed by atoms with E-state index >= 15 is 0 Å². The van der Waals surface area contributed by atoms with Crippen LogP contribution in [0.5, 0.6) is 0 Å². The van der Waals surface area contributed by atoms with Gasteiger partial charge in [0, 0.05) is 24.9 Å². The van der Waals surface area contributed by atoms with E-state index in [0.717, 1.165) is 25.7 Å². The summed E-state index contributed by atoms with van der Waals surface area (Å²) < 4.78 is 34.6. The molecular formula is C24H34N6O11S. The van der Waals surface area contributed by atoms with Gasteiger partial charge in [-0.1, -0.05) is 0 Å². The molecule has 4 atom stereocenters. The number of hydroxylamine groups is 4. The van der Waals surface area contributed by atoms with E-state index in [1.807, 2.05) is 0 Å². The lowest BCUT2D eigenvalue weighted by atomic mass is 10.0. The zero-order chi connectivity index (χ0) is 30.3. The lowest BCUT2D eigenvalue weighted by molar-refractivity contribution is -0.129. The van der Waals surface area contributed by atoms with E-state index in [-0.39, 0.29) is 55.0 Å². The lowest BCUT2D eigenvalue weighted by Crippen LogP contribution is -2.50. The number of piperidine rings is 2. The number of urea groups is 2. The Morgan fingerprint density at radius 2 is 1.19 bits per heavy atom. The van der Waals surface area contributed by atoms with Gasteiger partial charge >= 0.3 is 22.5 Å². The first-order valence-electron chi connectivity index (χ1n) is 14.0. The third-order valence-corrected chi connectivity index (χ3v) is 8.74. The van der Waals surface area contributed by atoms with E-state index in [4.69, 9.17) is 4.55 Å². The molecule has 6 aliphatic rings. The fourth-order valence-corrected chi connectivity index (χ4v) is 6.10. The van der Waals surface area contributed by atoms with Gasteiger partial charge in [-0.15, -0.1) is 4.28 Å². The number of nitrogens with one attached hydrogen (secondary N) is 2. The van der Waals surface area contributed by atoms with Gasteiger partial charge in [-0.05, 0) is 51.4 Å². The zero-order valence-electron chi connectivity index (χ0n) is 22.7. The van der Waals surface area contributed by atoms with E-state index in [0.29, 0.717) is 42.4 Å². The van der Waals surface area contributed by atoms with Crippen molar-refractivity contribution in [2.75, 3.05) is 26.2 Å². The molecule has 0 radical (unpaired) electrons.